The smallest absolute Gasteiger partial charge is 0.242 e. The normalized spacial score (nSPS) is 20.2. The van der Waals surface area contributed by atoms with Crippen LogP contribution in [0.2, 0.25) is 0 Å². The second kappa shape index (κ2) is 6.69. The number of likely N-dealkylation sites (tertiary alicyclic amines) is 1. The van der Waals surface area contributed by atoms with E-state index in [1.807, 2.05) is 0 Å². The molecule has 2 rings (SSSR count). The van der Waals surface area contributed by atoms with Crippen LogP contribution < -0.4 is 11.1 Å². The van der Waals surface area contributed by atoms with Crippen LogP contribution in [-0.2, 0) is 14.4 Å². The van der Waals surface area contributed by atoms with Crippen LogP contribution in [0.25, 0.3) is 0 Å². The van der Waals surface area contributed by atoms with E-state index < -0.39 is 5.91 Å². The number of carbonyl (C=O) groups is 3. The van der Waals surface area contributed by atoms with Crippen LogP contribution in [0.15, 0.2) is 0 Å². The fourth-order valence-electron chi connectivity index (χ4n) is 2.83. The molecule has 2 saturated heterocycles. The number of piperidine rings is 1. The molecular formula is C13H22N4O3. The van der Waals surface area contributed by atoms with Gasteiger partial charge >= 0.3 is 0 Å². The van der Waals surface area contributed by atoms with Crippen molar-refractivity contribution in [3.63, 3.8) is 0 Å². The van der Waals surface area contributed by atoms with Crippen LogP contribution in [0.5, 0.6) is 0 Å². The van der Waals surface area contributed by atoms with Crippen molar-refractivity contribution < 1.29 is 14.4 Å². The van der Waals surface area contributed by atoms with Crippen molar-refractivity contribution in [1.82, 2.24) is 15.1 Å². The van der Waals surface area contributed by atoms with Crippen molar-refractivity contribution in [2.24, 2.45) is 5.73 Å². The van der Waals surface area contributed by atoms with E-state index >= 15 is 0 Å². The molecule has 0 spiro atoms. The Morgan fingerprint density at radius 1 is 1.35 bits per heavy atom. The van der Waals surface area contributed by atoms with Gasteiger partial charge < -0.3 is 20.9 Å². The first-order valence-electron chi connectivity index (χ1n) is 7.14. The number of rotatable bonds is 5. The van der Waals surface area contributed by atoms with Crippen molar-refractivity contribution in [3.05, 3.63) is 0 Å². The molecule has 0 unspecified atom stereocenters. The van der Waals surface area contributed by atoms with Gasteiger partial charge in [-0.15, -0.1) is 0 Å². The molecule has 0 saturated carbocycles. The topological polar surface area (TPSA) is 95.7 Å². The Balaban J connectivity index is 1.98. The molecule has 0 aromatic rings. The highest BCUT2D eigenvalue weighted by Crippen LogP contribution is 2.14. The average Bonchev–Trinajstić information content (AvgIpc) is 2.82. The molecule has 2 aliphatic heterocycles. The maximum Gasteiger partial charge on any atom is 0.242 e. The van der Waals surface area contributed by atoms with Crippen LogP contribution >= 0.6 is 0 Å². The van der Waals surface area contributed by atoms with Gasteiger partial charge in [0.1, 0.15) is 0 Å². The van der Waals surface area contributed by atoms with Gasteiger partial charge in [-0.2, -0.15) is 0 Å². The van der Waals surface area contributed by atoms with Gasteiger partial charge in [-0.25, -0.2) is 0 Å². The number of hydrogen-bond donors (Lipinski definition) is 2. The summed E-state index contributed by atoms with van der Waals surface area (Å²) < 4.78 is 0. The Morgan fingerprint density at radius 2 is 2.05 bits per heavy atom. The summed E-state index contributed by atoms with van der Waals surface area (Å²) in [6.07, 6.45) is 2.94. The van der Waals surface area contributed by atoms with Gasteiger partial charge in [0.2, 0.25) is 17.7 Å². The molecule has 2 heterocycles. The van der Waals surface area contributed by atoms with Gasteiger partial charge in [-0.3, -0.25) is 14.4 Å². The molecule has 0 aromatic heterocycles. The largest absolute Gasteiger partial charge is 0.368 e. The van der Waals surface area contributed by atoms with Gasteiger partial charge in [0.05, 0.1) is 13.1 Å². The minimum atomic E-state index is -0.510. The fourth-order valence-corrected chi connectivity index (χ4v) is 2.83. The van der Waals surface area contributed by atoms with E-state index in [1.165, 1.54) is 0 Å². The number of amides is 3. The van der Waals surface area contributed by atoms with Crippen molar-refractivity contribution >= 4 is 17.7 Å². The molecule has 112 valence electrons. The summed E-state index contributed by atoms with van der Waals surface area (Å²) in [4.78, 5) is 38.3. The number of hydrogen-bond acceptors (Lipinski definition) is 4. The standard InChI is InChI=1S/C13H22N4O3/c14-11(18)8-17(10-3-5-15-6-4-10)13(20)9-16-7-1-2-12(16)19/h10,15H,1-9H2,(H2,14,18). The van der Waals surface area contributed by atoms with Gasteiger partial charge in [0.15, 0.2) is 0 Å². The summed E-state index contributed by atoms with van der Waals surface area (Å²) in [5, 5.41) is 3.22. The predicted molar refractivity (Wildman–Crippen MR) is 72.6 cm³/mol. The maximum atomic E-state index is 12.4. The second-order valence-corrected chi connectivity index (χ2v) is 5.39. The van der Waals surface area contributed by atoms with E-state index in [2.05, 4.69) is 5.32 Å². The first-order chi connectivity index (χ1) is 9.58. The van der Waals surface area contributed by atoms with Gasteiger partial charge in [0.25, 0.3) is 0 Å². The van der Waals surface area contributed by atoms with E-state index in [1.54, 1.807) is 9.80 Å². The lowest BCUT2D eigenvalue weighted by atomic mass is 10.0. The number of nitrogens with one attached hydrogen (secondary N) is 1. The zero-order chi connectivity index (χ0) is 14.5. The van der Waals surface area contributed by atoms with Crippen molar-refractivity contribution in [1.29, 1.82) is 0 Å². The molecule has 7 heteroatoms. The maximum absolute atomic E-state index is 12.4. The van der Waals surface area contributed by atoms with Crippen LogP contribution in [-0.4, -0.2) is 66.3 Å². The second-order valence-electron chi connectivity index (χ2n) is 5.39. The number of nitrogens with zero attached hydrogens (tertiary/aromatic N) is 2. The van der Waals surface area contributed by atoms with Gasteiger partial charge in [-0.05, 0) is 32.4 Å². The lowest BCUT2D eigenvalue weighted by Gasteiger charge is -2.34. The van der Waals surface area contributed by atoms with Crippen molar-refractivity contribution in [2.75, 3.05) is 32.7 Å². The Morgan fingerprint density at radius 3 is 2.60 bits per heavy atom. The predicted octanol–water partition coefficient (Wildman–Crippen LogP) is -1.33. The minimum Gasteiger partial charge on any atom is -0.368 e. The summed E-state index contributed by atoms with van der Waals surface area (Å²) in [5.74, 6) is -0.668. The molecular weight excluding hydrogens is 260 g/mol. The van der Waals surface area contributed by atoms with E-state index in [-0.39, 0.29) is 30.9 Å². The van der Waals surface area contributed by atoms with E-state index in [4.69, 9.17) is 5.73 Å². The Kier molecular flexibility index (Phi) is 4.94. The molecule has 0 atom stereocenters. The van der Waals surface area contributed by atoms with E-state index in [0.717, 1.165) is 32.4 Å². The molecule has 0 bridgehead atoms. The molecule has 0 aromatic carbocycles. The number of nitrogens with two attached hydrogens (primary N) is 1. The average molecular weight is 282 g/mol. The fraction of sp³-hybridized carbons (Fsp3) is 0.769. The van der Waals surface area contributed by atoms with E-state index in [9.17, 15) is 14.4 Å². The number of carbonyl (C=O) groups excluding carboxylic acids is 3. The summed E-state index contributed by atoms with van der Waals surface area (Å²) in [6.45, 7) is 2.29. The quantitative estimate of drug-likeness (QED) is 0.653. The van der Waals surface area contributed by atoms with E-state index in [0.29, 0.717) is 13.0 Å². The highest BCUT2D eigenvalue weighted by Gasteiger charge is 2.30. The molecule has 0 aliphatic carbocycles. The number of primary amides is 1. The molecule has 3 amide bonds. The van der Waals surface area contributed by atoms with Crippen LogP contribution in [0.4, 0.5) is 0 Å². The highest BCUT2D eigenvalue weighted by molar-refractivity contribution is 5.88. The van der Waals surface area contributed by atoms with Crippen LogP contribution in [0.1, 0.15) is 25.7 Å². The zero-order valence-corrected chi connectivity index (χ0v) is 11.6. The molecule has 20 heavy (non-hydrogen) atoms. The summed E-state index contributed by atoms with van der Waals surface area (Å²) >= 11 is 0. The Bertz CT molecular complexity index is 393. The third kappa shape index (κ3) is 3.69. The molecule has 2 aliphatic rings. The minimum absolute atomic E-state index is 0.0164. The zero-order valence-electron chi connectivity index (χ0n) is 11.6. The Hall–Kier alpha value is -1.63. The van der Waals surface area contributed by atoms with Gasteiger partial charge in [0, 0.05) is 19.0 Å². The van der Waals surface area contributed by atoms with Crippen molar-refractivity contribution in [2.45, 2.75) is 31.7 Å². The molecule has 7 nitrogen and oxygen atoms in total. The van der Waals surface area contributed by atoms with Crippen LogP contribution in [0, 0.1) is 0 Å². The van der Waals surface area contributed by atoms with Gasteiger partial charge in [-0.1, -0.05) is 0 Å². The molecule has 2 fully saturated rings. The lowest BCUT2D eigenvalue weighted by Crippen LogP contribution is -2.52. The van der Waals surface area contributed by atoms with Crippen LogP contribution in [0.3, 0.4) is 0 Å². The molecule has 0 radical (unpaired) electrons. The monoisotopic (exact) mass is 282 g/mol. The summed E-state index contributed by atoms with van der Waals surface area (Å²) in [7, 11) is 0. The SMILES string of the molecule is NC(=O)CN(C(=O)CN1CCCC1=O)C1CCNCC1. The summed E-state index contributed by atoms with van der Waals surface area (Å²) in [6, 6.07) is 0.0361. The first-order valence-corrected chi connectivity index (χ1v) is 7.14. The molecule has 3 N–H and O–H groups in total. The first kappa shape index (κ1) is 14.8. The Labute approximate surface area is 118 Å². The third-order valence-corrected chi connectivity index (χ3v) is 3.89. The lowest BCUT2D eigenvalue weighted by molar-refractivity contribution is -0.142. The third-order valence-electron chi connectivity index (χ3n) is 3.89. The highest BCUT2D eigenvalue weighted by atomic mass is 16.2. The summed E-state index contributed by atoms with van der Waals surface area (Å²) in [5.41, 5.74) is 5.24. The van der Waals surface area contributed by atoms with Crippen molar-refractivity contribution in [3.8, 4) is 0 Å².